The van der Waals surface area contributed by atoms with Crippen LogP contribution in [0.2, 0.25) is 0 Å². The first-order chi connectivity index (χ1) is 10.2. The minimum absolute atomic E-state index is 0.133. The third kappa shape index (κ3) is 5.31. The van der Waals surface area contributed by atoms with Crippen LogP contribution in [0.1, 0.15) is 33.1 Å². The highest BCUT2D eigenvalue weighted by atomic mass is 16.5. The Morgan fingerprint density at radius 3 is 2.38 bits per heavy atom. The van der Waals surface area contributed by atoms with Crippen molar-refractivity contribution in [3.8, 4) is 0 Å². The van der Waals surface area contributed by atoms with Gasteiger partial charge in [0.1, 0.15) is 0 Å². The summed E-state index contributed by atoms with van der Waals surface area (Å²) in [5.41, 5.74) is 1.97. The van der Waals surface area contributed by atoms with Gasteiger partial charge in [0.2, 0.25) is 11.9 Å². The van der Waals surface area contributed by atoms with E-state index < -0.39 is 0 Å². The van der Waals surface area contributed by atoms with Gasteiger partial charge < -0.3 is 15.5 Å². The van der Waals surface area contributed by atoms with Crippen LogP contribution < -0.4 is 16.1 Å². The molecule has 1 aliphatic heterocycles. The Labute approximate surface area is 125 Å². The smallest absolute Gasteiger partial charge is 0.253 e. The first-order valence-corrected chi connectivity index (χ1v) is 7.56. The lowest BCUT2D eigenvalue weighted by Gasteiger charge is -2.26. The summed E-state index contributed by atoms with van der Waals surface area (Å²) in [5, 5.41) is 15.3. The van der Waals surface area contributed by atoms with Gasteiger partial charge in [0.05, 0.1) is 0 Å². The molecule has 0 radical (unpaired) electrons. The minimum atomic E-state index is 0.133. The maximum atomic E-state index is 8.98. The van der Waals surface area contributed by atoms with Crippen molar-refractivity contribution in [2.75, 3.05) is 42.3 Å². The van der Waals surface area contributed by atoms with Crippen LogP contribution in [0.25, 0.3) is 0 Å². The first kappa shape index (κ1) is 15.7. The average Bonchev–Trinajstić information content (AvgIpc) is 2.47. The SMILES string of the molecule is CC(C)Nc1nc(NO)nc(NCCN2CCCCC2)n1. The van der Waals surface area contributed by atoms with Crippen LogP contribution in [0, 0.1) is 0 Å². The van der Waals surface area contributed by atoms with Crippen molar-refractivity contribution in [1.82, 2.24) is 19.9 Å². The summed E-state index contributed by atoms with van der Waals surface area (Å²) in [6.07, 6.45) is 3.91. The van der Waals surface area contributed by atoms with E-state index in [1.54, 1.807) is 0 Å². The molecule has 0 unspecified atom stereocenters. The molecule has 1 saturated heterocycles. The molecule has 0 bridgehead atoms. The van der Waals surface area contributed by atoms with Gasteiger partial charge in [-0.3, -0.25) is 5.21 Å². The molecule has 1 aromatic heterocycles. The van der Waals surface area contributed by atoms with Crippen molar-refractivity contribution < 1.29 is 5.21 Å². The van der Waals surface area contributed by atoms with E-state index in [9.17, 15) is 0 Å². The highest BCUT2D eigenvalue weighted by molar-refractivity contribution is 5.41. The lowest BCUT2D eigenvalue weighted by atomic mass is 10.1. The molecule has 8 nitrogen and oxygen atoms in total. The molecule has 0 atom stereocenters. The molecule has 0 aliphatic carbocycles. The largest absolute Gasteiger partial charge is 0.353 e. The summed E-state index contributed by atoms with van der Waals surface area (Å²) in [7, 11) is 0. The maximum absolute atomic E-state index is 8.98. The van der Waals surface area contributed by atoms with E-state index in [4.69, 9.17) is 5.21 Å². The fourth-order valence-corrected chi connectivity index (χ4v) is 2.34. The van der Waals surface area contributed by atoms with Crippen molar-refractivity contribution in [2.45, 2.75) is 39.2 Å². The minimum Gasteiger partial charge on any atom is -0.353 e. The lowest BCUT2D eigenvalue weighted by molar-refractivity contribution is 0.237. The van der Waals surface area contributed by atoms with Gasteiger partial charge in [0.15, 0.2) is 0 Å². The molecular weight excluding hydrogens is 270 g/mol. The highest BCUT2D eigenvalue weighted by Gasteiger charge is 2.10. The molecule has 4 N–H and O–H groups in total. The molecule has 0 amide bonds. The number of nitrogens with zero attached hydrogens (tertiary/aromatic N) is 4. The Bertz CT molecular complexity index is 435. The Balaban J connectivity index is 1.88. The molecule has 1 aliphatic rings. The Morgan fingerprint density at radius 1 is 1.05 bits per heavy atom. The summed E-state index contributed by atoms with van der Waals surface area (Å²) in [4.78, 5) is 14.9. The molecule has 2 heterocycles. The second kappa shape index (κ2) is 7.94. The molecule has 21 heavy (non-hydrogen) atoms. The van der Waals surface area contributed by atoms with Crippen molar-refractivity contribution in [3.05, 3.63) is 0 Å². The second-order valence-electron chi connectivity index (χ2n) is 5.55. The fourth-order valence-electron chi connectivity index (χ4n) is 2.34. The molecule has 0 saturated carbocycles. The van der Waals surface area contributed by atoms with E-state index in [-0.39, 0.29) is 12.0 Å². The molecule has 0 spiro atoms. The Hall–Kier alpha value is -1.67. The average molecular weight is 295 g/mol. The van der Waals surface area contributed by atoms with E-state index in [2.05, 4.69) is 30.5 Å². The van der Waals surface area contributed by atoms with E-state index in [1.165, 1.54) is 32.4 Å². The van der Waals surface area contributed by atoms with Gasteiger partial charge in [-0.1, -0.05) is 6.42 Å². The summed E-state index contributed by atoms with van der Waals surface area (Å²) in [5.74, 6) is 1.03. The number of hydrogen-bond donors (Lipinski definition) is 4. The number of nitrogens with one attached hydrogen (secondary N) is 3. The van der Waals surface area contributed by atoms with E-state index in [0.29, 0.717) is 11.9 Å². The van der Waals surface area contributed by atoms with Crippen molar-refractivity contribution >= 4 is 17.8 Å². The molecule has 1 fully saturated rings. The van der Waals surface area contributed by atoms with Gasteiger partial charge >= 0.3 is 0 Å². The standard InChI is InChI=1S/C13H25N7O/c1-10(2)15-12-16-11(17-13(18-12)19-21)14-6-9-20-7-4-3-5-8-20/h10,21H,3-9H2,1-2H3,(H3,14,15,16,17,18,19). The first-order valence-electron chi connectivity index (χ1n) is 7.56. The van der Waals surface area contributed by atoms with Gasteiger partial charge in [0, 0.05) is 19.1 Å². The van der Waals surface area contributed by atoms with Crippen LogP contribution in [0.15, 0.2) is 0 Å². The summed E-state index contributed by atoms with van der Waals surface area (Å²) in [6.45, 7) is 8.08. The number of rotatable bonds is 7. The summed E-state index contributed by atoms with van der Waals surface area (Å²) in [6, 6.07) is 0.208. The Morgan fingerprint density at radius 2 is 1.71 bits per heavy atom. The predicted molar refractivity (Wildman–Crippen MR) is 82.8 cm³/mol. The van der Waals surface area contributed by atoms with Crippen LogP contribution in [-0.4, -0.2) is 57.3 Å². The predicted octanol–water partition coefficient (Wildman–Crippen LogP) is 1.39. The molecule has 8 heteroatoms. The zero-order chi connectivity index (χ0) is 15.1. The molecule has 2 rings (SSSR count). The van der Waals surface area contributed by atoms with Crippen LogP contribution in [0.5, 0.6) is 0 Å². The highest BCUT2D eigenvalue weighted by Crippen LogP contribution is 2.10. The number of likely N-dealkylation sites (tertiary alicyclic amines) is 1. The van der Waals surface area contributed by atoms with Crippen LogP contribution in [-0.2, 0) is 0 Å². The van der Waals surface area contributed by atoms with Gasteiger partial charge in [0.25, 0.3) is 5.95 Å². The van der Waals surface area contributed by atoms with Gasteiger partial charge in [-0.15, -0.1) is 0 Å². The Kier molecular flexibility index (Phi) is 5.94. The van der Waals surface area contributed by atoms with Gasteiger partial charge in [-0.2, -0.15) is 15.0 Å². The number of aromatic nitrogens is 3. The zero-order valence-electron chi connectivity index (χ0n) is 12.8. The normalized spacial score (nSPS) is 16.0. The quantitative estimate of drug-likeness (QED) is 0.560. The van der Waals surface area contributed by atoms with Gasteiger partial charge in [-0.05, 0) is 39.8 Å². The van der Waals surface area contributed by atoms with E-state index >= 15 is 0 Å². The maximum Gasteiger partial charge on any atom is 0.253 e. The monoisotopic (exact) mass is 295 g/mol. The molecule has 118 valence electrons. The van der Waals surface area contributed by atoms with Crippen molar-refractivity contribution in [1.29, 1.82) is 0 Å². The van der Waals surface area contributed by atoms with Crippen molar-refractivity contribution in [3.63, 3.8) is 0 Å². The van der Waals surface area contributed by atoms with Crippen LogP contribution in [0.4, 0.5) is 17.8 Å². The fraction of sp³-hybridized carbons (Fsp3) is 0.769. The number of anilines is 3. The lowest BCUT2D eigenvalue weighted by Crippen LogP contribution is -2.34. The zero-order valence-corrected chi connectivity index (χ0v) is 12.8. The van der Waals surface area contributed by atoms with Crippen LogP contribution in [0.3, 0.4) is 0 Å². The van der Waals surface area contributed by atoms with Crippen LogP contribution >= 0.6 is 0 Å². The second-order valence-corrected chi connectivity index (χ2v) is 5.55. The molecule has 0 aromatic carbocycles. The van der Waals surface area contributed by atoms with E-state index in [1.807, 2.05) is 19.3 Å². The third-order valence-electron chi connectivity index (χ3n) is 3.31. The van der Waals surface area contributed by atoms with Gasteiger partial charge in [-0.25, -0.2) is 5.48 Å². The molecule has 1 aromatic rings. The van der Waals surface area contributed by atoms with Crippen molar-refractivity contribution in [2.24, 2.45) is 0 Å². The topological polar surface area (TPSA) is 98.2 Å². The number of hydrogen-bond acceptors (Lipinski definition) is 8. The molecular formula is C13H25N7O. The van der Waals surface area contributed by atoms with E-state index in [0.717, 1.165) is 13.1 Å². The third-order valence-corrected chi connectivity index (χ3v) is 3.31. The summed E-state index contributed by atoms with van der Waals surface area (Å²) < 4.78 is 0. The summed E-state index contributed by atoms with van der Waals surface area (Å²) >= 11 is 0. The number of piperidine rings is 1.